The van der Waals surface area contributed by atoms with Gasteiger partial charge < -0.3 is 14.9 Å². The number of halogens is 1. The topological polar surface area (TPSA) is 79.7 Å². The minimum absolute atomic E-state index is 0.0508. The highest BCUT2D eigenvalue weighted by molar-refractivity contribution is 8.00. The van der Waals surface area contributed by atoms with Gasteiger partial charge in [-0.2, -0.15) is 0 Å². The first-order chi connectivity index (χ1) is 17.7. The maximum Gasteiger partial charge on any atom is 0.313 e. The van der Waals surface area contributed by atoms with Gasteiger partial charge in [-0.15, -0.1) is 11.8 Å². The van der Waals surface area contributed by atoms with E-state index in [0.29, 0.717) is 16.3 Å². The molecule has 0 aliphatic heterocycles. The molecule has 4 rings (SSSR count). The van der Waals surface area contributed by atoms with E-state index in [1.54, 1.807) is 13.8 Å². The zero-order valence-electron chi connectivity index (χ0n) is 20.6. The lowest BCUT2D eigenvalue weighted by atomic mass is 9.97. The van der Waals surface area contributed by atoms with Gasteiger partial charge in [-0.25, -0.2) is 4.98 Å². The molecule has 0 bridgehead atoms. The number of nitrogens with zero attached hydrogens (tertiary/aromatic N) is 1. The van der Waals surface area contributed by atoms with Crippen LogP contribution in [0.3, 0.4) is 0 Å². The second kappa shape index (κ2) is 11.8. The highest BCUT2D eigenvalue weighted by atomic mass is 35.5. The lowest BCUT2D eigenvalue weighted by Gasteiger charge is -2.23. The van der Waals surface area contributed by atoms with E-state index in [4.69, 9.17) is 16.3 Å². The van der Waals surface area contributed by atoms with Crippen LogP contribution in [0.15, 0.2) is 78.9 Å². The number of carboxylic acid groups (broad SMARTS) is 1. The van der Waals surface area contributed by atoms with Crippen molar-refractivity contribution < 1.29 is 19.7 Å². The quantitative estimate of drug-likeness (QED) is 0.224. The Kier molecular flexibility index (Phi) is 8.54. The summed E-state index contributed by atoms with van der Waals surface area (Å²) >= 11 is 7.42. The number of hydrogen-bond acceptors (Lipinski definition) is 5. The van der Waals surface area contributed by atoms with Gasteiger partial charge >= 0.3 is 5.97 Å². The van der Waals surface area contributed by atoms with Crippen LogP contribution in [-0.2, 0) is 10.4 Å². The molecule has 190 valence electrons. The van der Waals surface area contributed by atoms with E-state index in [0.717, 1.165) is 27.7 Å². The minimum Gasteiger partial charge on any atom is -0.492 e. The van der Waals surface area contributed by atoms with Gasteiger partial charge in [0.1, 0.15) is 12.4 Å². The van der Waals surface area contributed by atoms with E-state index in [1.165, 1.54) is 11.8 Å². The van der Waals surface area contributed by atoms with Gasteiger partial charge in [-0.1, -0.05) is 72.3 Å². The normalized spacial score (nSPS) is 12.6. The van der Waals surface area contributed by atoms with Crippen molar-refractivity contribution in [1.82, 2.24) is 4.98 Å². The molecule has 5 nitrogen and oxygen atoms in total. The number of pyridine rings is 1. The summed E-state index contributed by atoms with van der Waals surface area (Å²) in [4.78, 5) is 16.0. The first-order valence-electron chi connectivity index (χ1n) is 11.8. The number of thioether (sulfide) groups is 1. The number of para-hydroxylation sites is 1. The van der Waals surface area contributed by atoms with Crippen molar-refractivity contribution in [2.45, 2.75) is 24.7 Å². The Balaban J connectivity index is 1.55. The van der Waals surface area contributed by atoms with Gasteiger partial charge in [0, 0.05) is 16.0 Å². The van der Waals surface area contributed by atoms with Crippen molar-refractivity contribution >= 4 is 52.4 Å². The second-order valence-electron chi connectivity index (χ2n) is 9.14. The van der Waals surface area contributed by atoms with Crippen LogP contribution in [0.5, 0.6) is 5.75 Å². The predicted octanol–water partition coefficient (Wildman–Crippen LogP) is 7.22. The van der Waals surface area contributed by atoms with Crippen LogP contribution in [0.1, 0.15) is 41.5 Å². The first kappa shape index (κ1) is 26.7. The van der Waals surface area contributed by atoms with Gasteiger partial charge in [0.25, 0.3) is 0 Å². The van der Waals surface area contributed by atoms with Crippen molar-refractivity contribution in [2.24, 2.45) is 0 Å². The molecule has 3 aromatic carbocycles. The molecule has 0 saturated heterocycles. The summed E-state index contributed by atoms with van der Waals surface area (Å²) in [7, 11) is 0. The van der Waals surface area contributed by atoms with Gasteiger partial charge in [-0.05, 0) is 55.3 Å². The summed E-state index contributed by atoms with van der Waals surface area (Å²) in [5.74, 6) is -0.356. The highest BCUT2D eigenvalue weighted by Crippen LogP contribution is 2.34. The van der Waals surface area contributed by atoms with Crippen LogP contribution in [0.25, 0.3) is 23.1 Å². The van der Waals surface area contributed by atoms with Gasteiger partial charge in [0.05, 0.1) is 27.8 Å². The summed E-state index contributed by atoms with van der Waals surface area (Å²) in [5, 5.41) is 21.2. The number of aromatic nitrogens is 1. The summed E-state index contributed by atoms with van der Waals surface area (Å²) in [6.07, 6.45) is 3.92. The molecule has 0 amide bonds. The molecular formula is C30H28ClNO4S. The lowest BCUT2D eigenvalue weighted by Crippen LogP contribution is -2.18. The molecule has 1 aromatic heterocycles. The molecule has 1 unspecified atom stereocenters. The Morgan fingerprint density at radius 2 is 1.84 bits per heavy atom. The number of aliphatic carboxylic acids is 1. The molecule has 0 fully saturated rings. The Bertz CT molecular complexity index is 1430. The molecule has 0 saturated carbocycles. The average Bonchev–Trinajstić information content (AvgIpc) is 2.87. The van der Waals surface area contributed by atoms with Gasteiger partial charge in [0.15, 0.2) is 0 Å². The molecule has 4 aromatic rings. The van der Waals surface area contributed by atoms with Gasteiger partial charge in [0.2, 0.25) is 0 Å². The Hall–Kier alpha value is -3.32. The van der Waals surface area contributed by atoms with Gasteiger partial charge in [-0.3, -0.25) is 4.79 Å². The number of carboxylic acids is 1. The van der Waals surface area contributed by atoms with Crippen molar-refractivity contribution in [3.63, 3.8) is 0 Å². The number of aliphatic hydroxyl groups is 1. The van der Waals surface area contributed by atoms with Crippen molar-refractivity contribution in [3.8, 4) is 5.75 Å². The van der Waals surface area contributed by atoms with Crippen LogP contribution >= 0.6 is 23.4 Å². The zero-order valence-corrected chi connectivity index (χ0v) is 22.2. The Labute approximate surface area is 225 Å². The van der Waals surface area contributed by atoms with Crippen LogP contribution < -0.4 is 4.74 Å². The molecule has 0 aliphatic carbocycles. The maximum absolute atomic E-state index is 11.3. The number of hydrogen-bond donors (Lipinski definition) is 2. The first-order valence-corrected chi connectivity index (χ1v) is 13.2. The third kappa shape index (κ3) is 7.35. The molecule has 0 aliphatic rings. The van der Waals surface area contributed by atoms with Crippen LogP contribution in [0.4, 0.5) is 0 Å². The van der Waals surface area contributed by atoms with Crippen LogP contribution in [0.2, 0.25) is 5.02 Å². The molecule has 0 spiro atoms. The molecule has 1 heterocycles. The third-order valence-corrected chi connectivity index (χ3v) is 7.21. The fourth-order valence-electron chi connectivity index (χ4n) is 3.92. The van der Waals surface area contributed by atoms with E-state index in [2.05, 4.69) is 4.98 Å². The number of rotatable bonds is 10. The van der Waals surface area contributed by atoms with E-state index < -0.39 is 11.6 Å². The lowest BCUT2D eigenvalue weighted by molar-refractivity contribution is -0.133. The third-order valence-electron chi connectivity index (χ3n) is 5.75. The van der Waals surface area contributed by atoms with Crippen molar-refractivity contribution in [3.05, 3.63) is 106 Å². The number of ether oxygens (including phenoxy) is 1. The SMILES string of the molecule is CC(C)(O)c1ccccc1OCC(SCC(=O)O)c1cccc(/C=C/c2ccc3ccc(Cl)cc3n2)c1. The molecular weight excluding hydrogens is 506 g/mol. The van der Waals surface area contributed by atoms with E-state index in [-0.39, 0.29) is 17.6 Å². The fourth-order valence-corrected chi connectivity index (χ4v) is 4.93. The smallest absolute Gasteiger partial charge is 0.313 e. The summed E-state index contributed by atoms with van der Waals surface area (Å²) < 4.78 is 6.12. The largest absolute Gasteiger partial charge is 0.492 e. The monoisotopic (exact) mass is 533 g/mol. The zero-order chi connectivity index (χ0) is 26.4. The number of benzene rings is 3. The molecule has 0 radical (unpaired) electrons. The standard InChI is InChI=1S/C30H28ClNO4S/c1-30(2,35)25-8-3-4-9-27(25)36-18-28(37-19-29(33)34)22-7-5-6-20(16-22)10-14-24-15-12-21-11-13-23(31)17-26(21)32-24/h3-17,28,35H,18-19H2,1-2H3,(H,33,34)/b14-10+. The summed E-state index contributed by atoms with van der Waals surface area (Å²) in [6.45, 7) is 3.67. The molecule has 7 heteroatoms. The fraction of sp³-hybridized carbons (Fsp3) is 0.200. The van der Waals surface area contributed by atoms with E-state index in [9.17, 15) is 15.0 Å². The maximum atomic E-state index is 11.3. The van der Waals surface area contributed by atoms with E-state index >= 15 is 0 Å². The number of carbonyl (C=O) groups is 1. The van der Waals surface area contributed by atoms with E-state index in [1.807, 2.05) is 91.0 Å². The Morgan fingerprint density at radius 1 is 1.05 bits per heavy atom. The van der Waals surface area contributed by atoms with Crippen molar-refractivity contribution in [2.75, 3.05) is 12.4 Å². The highest BCUT2D eigenvalue weighted by Gasteiger charge is 2.22. The number of fused-ring (bicyclic) bond motifs is 1. The van der Waals surface area contributed by atoms with Crippen LogP contribution in [0, 0.1) is 0 Å². The molecule has 2 N–H and O–H groups in total. The molecule has 37 heavy (non-hydrogen) atoms. The predicted molar refractivity (Wildman–Crippen MR) is 152 cm³/mol. The summed E-state index contributed by atoms with van der Waals surface area (Å²) in [6, 6.07) is 24.9. The molecule has 1 atom stereocenters. The minimum atomic E-state index is -1.06. The second-order valence-corrected chi connectivity index (χ2v) is 10.8. The average molecular weight is 534 g/mol. The summed E-state index contributed by atoms with van der Waals surface area (Å²) in [5.41, 5.74) is 3.17. The van der Waals surface area contributed by atoms with Crippen LogP contribution in [-0.4, -0.2) is 33.5 Å². The van der Waals surface area contributed by atoms with Crippen molar-refractivity contribution in [1.29, 1.82) is 0 Å². The Morgan fingerprint density at radius 3 is 2.62 bits per heavy atom.